The maximum Gasteiger partial charge on any atom is 0.310 e. The molecule has 3 N–H and O–H groups in total. The molecule has 0 saturated carbocycles. The molecule has 1 aliphatic rings. The molecule has 1 saturated heterocycles. The van der Waals surface area contributed by atoms with Crippen LogP contribution in [0.3, 0.4) is 0 Å². The lowest BCUT2D eigenvalue weighted by Gasteiger charge is -2.44. The van der Waals surface area contributed by atoms with Crippen LogP contribution in [0.2, 0.25) is 5.02 Å². The van der Waals surface area contributed by atoms with Gasteiger partial charge in [0.25, 0.3) is 6.43 Å². The number of H-pyrrole nitrogens is 1. The zero-order valence-electron chi connectivity index (χ0n) is 20.7. The first-order chi connectivity index (χ1) is 18.0. The standard InChI is InChI=1S/C25H27ClF4N6O2/c1-3-15-10-25(23(37)38,7-8-36(15)12-14-5-4-6-16(26)19(14)27)11-17-20(28)21(22(29)30)33-24(31-17)32-18-9-13(2)34-35-18/h4-6,9,15,22H,3,7-8,10-12H2,1-2H3,(H,37,38)(H2,31,32,33,34,35)/t15-,25-/m1/s1. The van der Waals surface area contributed by atoms with E-state index >= 15 is 4.39 Å². The third-order valence-electron chi connectivity index (χ3n) is 6.95. The van der Waals surface area contributed by atoms with Gasteiger partial charge in [-0.2, -0.15) is 5.10 Å². The second-order valence-corrected chi connectivity index (χ2v) is 9.92. The maximum atomic E-state index is 15.1. The number of anilines is 2. The molecule has 0 bridgehead atoms. The van der Waals surface area contributed by atoms with E-state index in [2.05, 4.69) is 25.5 Å². The van der Waals surface area contributed by atoms with Gasteiger partial charge in [0.2, 0.25) is 5.95 Å². The van der Waals surface area contributed by atoms with Crippen LogP contribution in [-0.4, -0.2) is 48.7 Å². The molecule has 0 amide bonds. The Labute approximate surface area is 221 Å². The zero-order valence-corrected chi connectivity index (χ0v) is 21.5. The minimum absolute atomic E-state index is 0.00377. The van der Waals surface area contributed by atoms with E-state index < -0.39 is 47.3 Å². The Kier molecular flexibility index (Phi) is 8.22. The summed E-state index contributed by atoms with van der Waals surface area (Å²) in [5.41, 5.74) is -1.95. The van der Waals surface area contributed by atoms with Crippen molar-refractivity contribution in [3.05, 3.63) is 63.6 Å². The number of hydrogen-bond donors (Lipinski definition) is 3. The highest BCUT2D eigenvalue weighted by Gasteiger charge is 2.46. The first-order valence-corrected chi connectivity index (χ1v) is 12.4. The molecule has 1 aromatic carbocycles. The van der Waals surface area contributed by atoms with Crippen LogP contribution < -0.4 is 5.32 Å². The fourth-order valence-electron chi connectivity index (χ4n) is 4.90. The molecule has 204 valence electrons. The molecule has 1 fully saturated rings. The molecule has 0 radical (unpaired) electrons. The van der Waals surface area contributed by atoms with Gasteiger partial charge >= 0.3 is 5.97 Å². The van der Waals surface area contributed by atoms with E-state index in [0.29, 0.717) is 17.7 Å². The molecule has 0 unspecified atom stereocenters. The molecule has 0 spiro atoms. The summed E-state index contributed by atoms with van der Waals surface area (Å²) in [5.74, 6) is -3.13. The number of nitrogens with zero attached hydrogens (tertiary/aromatic N) is 4. The van der Waals surface area contributed by atoms with Gasteiger partial charge in [0.15, 0.2) is 11.6 Å². The van der Waals surface area contributed by atoms with Crippen molar-refractivity contribution < 1.29 is 27.5 Å². The lowest BCUT2D eigenvalue weighted by atomic mass is 9.71. The second-order valence-electron chi connectivity index (χ2n) is 9.52. The Morgan fingerprint density at radius 2 is 2.08 bits per heavy atom. The Morgan fingerprint density at radius 3 is 2.71 bits per heavy atom. The SMILES string of the molecule is CC[C@@H]1C[C@](Cc2nc(Nc3cc(C)[nH]n3)nc(C(F)F)c2F)(C(=O)O)CCN1Cc1cccc(Cl)c1F. The number of aliphatic carboxylic acids is 1. The second kappa shape index (κ2) is 11.2. The molecular formula is C25H27ClF4N6O2. The summed E-state index contributed by atoms with van der Waals surface area (Å²) in [6, 6.07) is 6.00. The third kappa shape index (κ3) is 5.75. The molecule has 2 aromatic heterocycles. The van der Waals surface area contributed by atoms with Crippen molar-refractivity contribution in [1.82, 2.24) is 25.1 Å². The van der Waals surface area contributed by atoms with Gasteiger partial charge in [-0.25, -0.2) is 27.5 Å². The first-order valence-electron chi connectivity index (χ1n) is 12.1. The van der Waals surface area contributed by atoms with Gasteiger partial charge in [-0.05, 0) is 38.8 Å². The van der Waals surface area contributed by atoms with Gasteiger partial charge in [0.05, 0.1) is 16.1 Å². The van der Waals surface area contributed by atoms with Gasteiger partial charge in [-0.3, -0.25) is 14.8 Å². The number of piperidine rings is 1. The van der Waals surface area contributed by atoms with Crippen molar-refractivity contribution in [2.45, 2.75) is 58.5 Å². The number of carboxylic acids is 1. The molecule has 13 heteroatoms. The Bertz CT molecular complexity index is 1320. The number of halogens is 5. The summed E-state index contributed by atoms with van der Waals surface area (Å²) in [5, 5.41) is 19.5. The highest BCUT2D eigenvalue weighted by molar-refractivity contribution is 6.30. The van der Waals surface area contributed by atoms with E-state index in [1.807, 2.05) is 11.8 Å². The number of alkyl halides is 2. The summed E-state index contributed by atoms with van der Waals surface area (Å²) < 4.78 is 57.0. The highest BCUT2D eigenvalue weighted by Crippen LogP contribution is 2.41. The van der Waals surface area contributed by atoms with Crippen molar-refractivity contribution >= 4 is 29.3 Å². The molecule has 8 nitrogen and oxygen atoms in total. The summed E-state index contributed by atoms with van der Waals surface area (Å²) in [6.45, 7) is 4.09. The summed E-state index contributed by atoms with van der Waals surface area (Å²) in [6.07, 6.45) is -2.94. The maximum absolute atomic E-state index is 15.1. The van der Waals surface area contributed by atoms with Crippen LogP contribution in [0.1, 0.15) is 55.3 Å². The van der Waals surface area contributed by atoms with E-state index in [4.69, 9.17) is 11.6 Å². The smallest absolute Gasteiger partial charge is 0.310 e. The topological polar surface area (TPSA) is 107 Å². The van der Waals surface area contributed by atoms with Crippen molar-refractivity contribution in [2.75, 3.05) is 11.9 Å². The van der Waals surface area contributed by atoms with Crippen molar-refractivity contribution in [1.29, 1.82) is 0 Å². The molecule has 4 rings (SSSR count). The Balaban J connectivity index is 1.63. The van der Waals surface area contributed by atoms with Crippen molar-refractivity contribution in [3.63, 3.8) is 0 Å². The van der Waals surface area contributed by atoms with Crippen LogP contribution in [0, 0.1) is 24.0 Å². The molecule has 38 heavy (non-hydrogen) atoms. The van der Waals surface area contributed by atoms with E-state index in [1.165, 1.54) is 6.07 Å². The van der Waals surface area contributed by atoms with Gasteiger partial charge in [0, 0.05) is 36.3 Å². The molecular weight excluding hydrogens is 528 g/mol. The number of aryl methyl sites for hydroxylation is 1. The zero-order chi connectivity index (χ0) is 27.6. The number of hydrogen-bond acceptors (Lipinski definition) is 6. The number of rotatable bonds is 9. The fourth-order valence-corrected chi connectivity index (χ4v) is 5.09. The van der Waals surface area contributed by atoms with E-state index in [-0.39, 0.29) is 48.8 Å². The van der Waals surface area contributed by atoms with Crippen LogP contribution >= 0.6 is 11.6 Å². The molecule has 3 heterocycles. The Morgan fingerprint density at radius 1 is 1.32 bits per heavy atom. The number of benzene rings is 1. The average Bonchev–Trinajstić information content (AvgIpc) is 3.28. The predicted octanol–water partition coefficient (Wildman–Crippen LogP) is 5.81. The van der Waals surface area contributed by atoms with Crippen LogP contribution in [0.4, 0.5) is 29.3 Å². The molecule has 0 aliphatic carbocycles. The summed E-state index contributed by atoms with van der Waals surface area (Å²) in [7, 11) is 0. The van der Waals surface area contributed by atoms with Crippen molar-refractivity contribution in [3.8, 4) is 0 Å². The number of carboxylic acid groups (broad SMARTS) is 1. The average molecular weight is 555 g/mol. The van der Waals surface area contributed by atoms with Crippen molar-refractivity contribution in [2.24, 2.45) is 5.41 Å². The van der Waals surface area contributed by atoms with E-state index in [1.54, 1.807) is 25.1 Å². The summed E-state index contributed by atoms with van der Waals surface area (Å²) in [4.78, 5) is 22.2. The molecule has 2 atom stereocenters. The van der Waals surface area contributed by atoms with E-state index in [9.17, 15) is 23.1 Å². The van der Waals surface area contributed by atoms with Crippen LogP contribution in [-0.2, 0) is 17.8 Å². The number of aromatic amines is 1. The predicted molar refractivity (Wildman–Crippen MR) is 132 cm³/mol. The van der Waals surface area contributed by atoms with Gasteiger partial charge in [-0.1, -0.05) is 30.7 Å². The quantitative estimate of drug-likeness (QED) is 0.287. The van der Waals surface area contributed by atoms with Crippen LogP contribution in [0.25, 0.3) is 0 Å². The minimum atomic E-state index is -3.24. The summed E-state index contributed by atoms with van der Waals surface area (Å²) >= 11 is 5.91. The number of likely N-dealkylation sites (tertiary alicyclic amines) is 1. The first kappa shape index (κ1) is 27.8. The van der Waals surface area contributed by atoms with Gasteiger partial charge < -0.3 is 10.4 Å². The number of carbonyl (C=O) groups is 1. The normalized spacial score (nSPS) is 20.2. The highest BCUT2D eigenvalue weighted by atomic mass is 35.5. The largest absolute Gasteiger partial charge is 0.481 e. The van der Waals surface area contributed by atoms with E-state index in [0.717, 1.165) is 0 Å². The monoisotopic (exact) mass is 554 g/mol. The fraction of sp³-hybridized carbons (Fsp3) is 0.440. The number of nitrogens with one attached hydrogen (secondary N) is 2. The molecule has 3 aromatic rings. The van der Waals surface area contributed by atoms with Gasteiger partial charge in [-0.15, -0.1) is 0 Å². The lowest BCUT2D eigenvalue weighted by molar-refractivity contribution is -0.154. The van der Waals surface area contributed by atoms with Crippen LogP contribution in [0.15, 0.2) is 24.3 Å². The third-order valence-corrected chi connectivity index (χ3v) is 7.25. The Hall–Kier alpha value is -3.25. The van der Waals surface area contributed by atoms with Gasteiger partial charge in [0.1, 0.15) is 11.5 Å². The number of aromatic nitrogens is 4. The van der Waals surface area contributed by atoms with Crippen LogP contribution in [0.5, 0.6) is 0 Å². The molecule has 1 aliphatic heterocycles. The minimum Gasteiger partial charge on any atom is -0.481 e. The lowest BCUT2D eigenvalue weighted by Crippen LogP contribution is -2.50.